The third-order valence-corrected chi connectivity index (χ3v) is 7.22. The Morgan fingerprint density at radius 2 is 1.12 bits per heavy atom. The van der Waals surface area contributed by atoms with Crippen molar-refractivity contribution in [3.05, 3.63) is 95.6 Å². The number of aryl methyl sites for hydroxylation is 1. The van der Waals surface area contributed by atoms with Gasteiger partial charge in [-0.15, -0.1) is 0 Å². The number of alkyl halides is 1. The minimum absolute atomic E-state index is 0.0299. The third-order valence-electron chi connectivity index (χ3n) is 6.91. The quantitative estimate of drug-likeness (QED) is 0.0511. The summed E-state index contributed by atoms with van der Waals surface area (Å²) in [4.78, 5) is 46.6. The van der Waals surface area contributed by atoms with E-state index in [1.54, 1.807) is 82.3 Å². The van der Waals surface area contributed by atoms with Crippen molar-refractivity contribution in [3.8, 4) is 11.5 Å². The molecule has 0 N–H and O–H groups in total. The fourth-order valence-electron chi connectivity index (χ4n) is 4.28. The van der Waals surface area contributed by atoms with Crippen LogP contribution in [0.4, 0.5) is 0 Å². The van der Waals surface area contributed by atoms with Crippen molar-refractivity contribution < 1.29 is 48.3 Å². The molecule has 0 aromatic heterocycles. The molecule has 0 saturated heterocycles. The van der Waals surface area contributed by atoms with Gasteiger partial charge in [0.25, 0.3) is 0 Å². The summed E-state index contributed by atoms with van der Waals surface area (Å²) in [5, 5.41) is 25.1. The second-order valence-electron chi connectivity index (χ2n) is 11.5. The van der Waals surface area contributed by atoms with Crippen LogP contribution in [0, 0.1) is 11.8 Å². The SMILES string of the molecule is CC(C)C(N=C([O-])OCc1ccccc1)C(=O)Oc1ccc(CCC(=O)OCI)cc1OC(=O)C(N=C([O-])OCc1ccccc1)C(C)C. The Bertz CT molecular complexity index is 1580. The van der Waals surface area contributed by atoms with Crippen LogP contribution in [0.15, 0.2) is 88.8 Å². The lowest BCUT2D eigenvalue weighted by molar-refractivity contribution is -0.253. The Morgan fingerprint density at radius 1 is 0.653 bits per heavy atom. The molecule has 3 aromatic carbocycles. The molecule has 0 aliphatic rings. The van der Waals surface area contributed by atoms with E-state index in [4.69, 9.17) is 23.7 Å². The average molecular weight is 787 g/mol. The van der Waals surface area contributed by atoms with Gasteiger partial charge in [0.2, 0.25) is 0 Å². The predicted molar refractivity (Wildman–Crippen MR) is 186 cm³/mol. The molecule has 0 bridgehead atoms. The number of hydrogen-bond acceptors (Lipinski definition) is 12. The molecule has 0 saturated carbocycles. The minimum atomic E-state index is -1.26. The molecule has 0 spiro atoms. The van der Waals surface area contributed by atoms with E-state index in [0.29, 0.717) is 5.56 Å². The van der Waals surface area contributed by atoms with Crippen LogP contribution in [0.3, 0.4) is 0 Å². The number of carbonyl (C=O) groups excluding carboxylic acids is 3. The lowest BCUT2D eigenvalue weighted by Crippen LogP contribution is -2.34. The van der Waals surface area contributed by atoms with Crippen molar-refractivity contribution in [2.75, 3.05) is 4.61 Å². The molecule has 0 fully saturated rings. The molecule has 0 radical (unpaired) electrons. The summed E-state index contributed by atoms with van der Waals surface area (Å²) in [5.74, 6) is -3.46. The first-order valence-electron chi connectivity index (χ1n) is 15.6. The van der Waals surface area contributed by atoms with Crippen LogP contribution < -0.4 is 19.7 Å². The van der Waals surface area contributed by atoms with Crippen molar-refractivity contribution in [3.63, 3.8) is 0 Å². The Hall–Kier alpha value is -4.66. The van der Waals surface area contributed by atoms with Crippen LogP contribution in [0.1, 0.15) is 50.8 Å². The summed E-state index contributed by atoms with van der Waals surface area (Å²) in [6.07, 6.45) is -1.61. The normalized spacial score (nSPS) is 13.0. The van der Waals surface area contributed by atoms with E-state index in [-0.39, 0.29) is 42.2 Å². The van der Waals surface area contributed by atoms with Crippen LogP contribution in [-0.4, -0.2) is 46.8 Å². The van der Waals surface area contributed by atoms with Gasteiger partial charge in [0.15, 0.2) is 23.6 Å². The zero-order valence-electron chi connectivity index (χ0n) is 27.7. The van der Waals surface area contributed by atoms with E-state index < -0.39 is 54.0 Å². The number of halogens is 1. The Kier molecular flexibility index (Phi) is 15.8. The number of hydrogen-bond donors (Lipinski definition) is 0. The molecule has 13 heteroatoms. The van der Waals surface area contributed by atoms with Crippen molar-refractivity contribution in [2.45, 2.75) is 65.8 Å². The summed E-state index contributed by atoms with van der Waals surface area (Å²) >= 11 is 1.91. The van der Waals surface area contributed by atoms with Gasteiger partial charge >= 0.3 is 17.9 Å². The first-order valence-corrected chi connectivity index (χ1v) is 17.1. The van der Waals surface area contributed by atoms with Gasteiger partial charge in [0.1, 0.15) is 16.8 Å². The lowest BCUT2D eigenvalue weighted by Gasteiger charge is -2.22. The van der Waals surface area contributed by atoms with Gasteiger partial charge in [-0.1, -0.05) is 94.4 Å². The highest BCUT2D eigenvalue weighted by Crippen LogP contribution is 2.31. The highest BCUT2D eigenvalue weighted by atomic mass is 127. The molecule has 2 atom stereocenters. The molecule has 0 aliphatic carbocycles. The predicted octanol–water partition coefficient (Wildman–Crippen LogP) is 4.28. The van der Waals surface area contributed by atoms with Crippen molar-refractivity contribution >= 4 is 52.7 Å². The Labute approximate surface area is 299 Å². The van der Waals surface area contributed by atoms with Gasteiger partial charge in [-0.05, 0) is 69.7 Å². The number of ether oxygens (including phenoxy) is 5. The van der Waals surface area contributed by atoms with E-state index in [1.807, 2.05) is 34.7 Å². The fraction of sp³-hybridized carbons (Fsp3) is 0.361. The molecule has 3 aromatic rings. The van der Waals surface area contributed by atoms with Gasteiger partial charge in [-0.3, -0.25) is 14.8 Å². The number of nitrogens with zero attached hydrogens (tertiary/aromatic N) is 2. The molecule has 0 amide bonds. The number of carbonyl (C=O) groups is 3. The molecule has 2 unspecified atom stereocenters. The maximum absolute atomic E-state index is 13.4. The van der Waals surface area contributed by atoms with E-state index >= 15 is 0 Å². The lowest BCUT2D eigenvalue weighted by atomic mass is 10.1. The first-order chi connectivity index (χ1) is 23.5. The number of aliphatic imine (C=N–C) groups is 2. The zero-order valence-corrected chi connectivity index (χ0v) is 29.9. The summed E-state index contributed by atoms with van der Waals surface area (Å²) in [5.41, 5.74) is 2.07. The molecular weight excluding hydrogens is 747 g/mol. The number of rotatable bonds is 16. The molecule has 49 heavy (non-hydrogen) atoms. The van der Waals surface area contributed by atoms with Crippen LogP contribution >= 0.6 is 22.6 Å². The van der Waals surface area contributed by atoms with Gasteiger partial charge in [-0.25, -0.2) is 9.59 Å². The van der Waals surface area contributed by atoms with Gasteiger partial charge in [-0.2, -0.15) is 0 Å². The smallest absolute Gasteiger partial charge is 0.336 e. The second-order valence-corrected chi connectivity index (χ2v) is 12.1. The highest BCUT2D eigenvalue weighted by molar-refractivity contribution is 14.1. The minimum Gasteiger partial charge on any atom is -0.596 e. The van der Waals surface area contributed by atoms with E-state index in [1.165, 1.54) is 12.1 Å². The van der Waals surface area contributed by atoms with Gasteiger partial charge in [0.05, 0.1) is 0 Å². The topological polar surface area (TPSA) is 168 Å². The van der Waals surface area contributed by atoms with E-state index in [0.717, 1.165) is 11.1 Å². The second kappa shape index (κ2) is 20.0. The van der Waals surface area contributed by atoms with E-state index in [2.05, 4.69) is 9.98 Å². The Balaban J connectivity index is 1.83. The zero-order chi connectivity index (χ0) is 35.8. The molecule has 3 rings (SSSR count). The van der Waals surface area contributed by atoms with Crippen molar-refractivity contribution in [1.82, 2.24) is 0 Å². The molecule has 12 nitrogen and oxygen atoms in total. The van der Waals surface area contributed by atoms with Crippen LogP contribution in [0.5, 0.6) is 11.5 Å². The largest absolute Gasteiger partial charge is 0.596 e. The molecular formula is C36H39IN2O10-2. The summed E-state index contributed by atoms with van der Waals surface area (Å²) in [7, 11) is 0. The van der Waals surface area contributed by atoms with Crippen molar-refractivity contribution in [1.29, 1.82) is 0 Å². The summed E-state index contributed by atoms with van der Waals surface area (Å²) < 4.78 is 26.9. The fourth-order valence-corrected chi connectivity index (χ4v) is 4.62. The molecule has 262 valence electrons. The summed E-state index contributed by atoms with van der Waals surface area (Å²) in [6, 6.07) is 19.9. The molecule has 0 aliphatic heterocycles. The van der Waals surface area contributed by atoms with Gasteiger partial charge in [0, 0.05) is 19.6 Å². The van der Waals surface area contributed by atoms with Crippen LogP contribution in [-0.2, 0) is 48.2 Å². The maximum Gasteiger partial charge on any atom is 0.336 e. The third kappa shape index (κ3) is 13.4. The maximum atomic E-state index is 13.4. The van der Waals surface area contributed by atoms with Crippen molar-refractivity contribution in [2.24, 2.45) is 21.8 Å². The average Bonchev–Trinajstić information content (AvgIpc) is 3.08. The standard InChI is InChI=1S/C36H41IN2O10/c1-23(2)31(38-35(43)45-20-26-11-7-5-8-12-26)33(41)48-28-17-15-25(16-18-30(40)47-22-37)19-29(28)49-34(42)32(24(3)4)39-36(44)46-21-27-13-9-6-10-14-27/h5-15,17,19,23-24,31-32H,16,18,20-22H2,1-4H3,(H,38,43)(H,39,44)/p-2. The Morgan fingerprint density at radius 3 is 1.57 bits per heavy atom. The number of benzene rings is 3. The van der Waals surface area contributed by atoms with E-state index in [9.17, 15) is 24.6 Å². The van der Waals surface area contributed by atoms with Gasteiger partial charge < -0.3 is 33.9 Å². The van der Waals surface area contributed by atoms with Crippen LogP contribution in [0.2, 0.25) is 0 Å². The van der Waals surface area contributed by atoms with Crippen LogP contribution in [0.25, 0.3) is 0 Å². The summed E-state index contributed by atoms with van der Waals surface area (Å²) in [6.45, 7) is 6.67. The monoisotopic (exact) mass is 786 g/mol. The number of esters is 3. The first kappa shape index (κ1) is 38.8. The molecule has 0 heterocycles. The highest BCUT2D eigenvalue weighted by Gasteiger charge is 2.28.